The first-order chi connectivity index (χ1) is 11.2. The van der Waals surface area contributed by atoms with E-state index in [1.54, 1.807) is 12.3 Å². The lowest BCUT2D eigenvalue weighted by Crippen LogP contribution is -2.41. The molecule has 120 valence electrons. The van der Waals surface area contributed by atoms with Crippen LogP contribution in [0.5, 0.6) is 0 Å². The molecule has 0 atom stereocenters. The molecule has 0 bridgehead atoms. The lowest BCUT2D eigenvalue weighted by atomic mass is 10.1. The van der Waals surface area contributed by atoms with Gasteiger partial charge in [0.15, 0.2) is 0 Å². The second kappa shape index (κ2) is 7.22. The van der Waals surface area contributed by atoms with Crippen molar-refractivity contribution in [3.05, 3.63) is 36.5 Å². The molecule has 0 radical (unpaired) electrons. The molecule has 1 fully saturated rings. The third-order valence-electron chi connectivity index (χ3n) is 4.29. The summed E-state index contributed by atoms with van der Waals surface area (Å²) in [6.07, 6.45) is 8.26. The SMILES string of the molecule is O=C(Nc1cccc2ncccc12)C(=O)NC1CCCCCC1. The zero-order valence-corrected chi connectivity index (χ0v) is 13.0. The average Bonchev–Trinajstić information content (AvgIpc) is 2.84. The Labute approximate surface area is 135 Å². The second-order valence-corrected chi connectivity index (χ2v) is 5.99. The standard InChI is InChI=1S/C18H21N3O2/c22-17(20-13-7-3-1-2-4-8-13)18(23)21-16-11-5-10-15-14(16)9-6-12-19-15/h5-6,9-13H,1-4,7-8H2,(H,20,22)(H,21,23). The van der Waals surface area contributed by atoms with E-state index in [1.165, 1.54) is 12.8 Å². The van der Waals surface area contributed by atoms with Gasteiger partial charge in [0.25, 0.3) is 0 Å². The van der Waals surface area contributed by atoms with Crippen molar-refractivity contribution in [2.75, 3.05) is 5.32 Å². The van der Waals surface area contributed by atoms with Gasteiger partial charge in [0.2, 0.25) is 0 Å². The number of hydrogen-bond donors (Lipinski definition) is 2. The Bertz CT molecular complexity index is 701. The van der Waals surface area contributed by atoms with Crippen LogP contribution >= 0.6 is 0 Å². The molecule has 2 aromatic rings. The molecule has 1 aliphatic rings. The lowest BCUT2D eigenvalue weighted by Gasteiger charge is -2.16. The molecule has 2 amide bonds. The number of pyridine rings is 1. The number of anilines is 1. The van der Waals surface area contributed by atoms with E-state index in [4.69, 9.17) is 0 Å². The maximum absolute atomic E-state index is 12.2. The number of carbonyl (C=O) groups excluding carboxylic acids is 2. The van der Waals surface area contributed by atoms with E-state index in [0.29, 0.717) is 5.69 Å². The number of nitrogens with one attached hydrogen (secondary N) is 2. The minimum atomic E-state index is -0.620. The second-order valence-electron chi connectivity index (χ2n) is 5.99. The number of nitrogens with zero attached hydrogens (tertiary/aromatic N) is 1. The lowest BCUT2D eigenvalue weighted by molar-refractivity contribution is -0.136. The molecule has 1 saturated carbocycles. The summed E-state index contributed by atoms with van der Waals surface area (Å²) in [6.45, 7) is 0. The smallest absolute Gasteiger partial charge is 0.313 e. The molecule has 1 aliphatic carbocycles. The largest absolute Gasteiger partial charge is 0.345 e. The molecule has 1 aromatic heterocycles. The van der Waals surface area contributed by atoms with Crippen LogP contribution in [0.3, 0.4) is 0 Å². The first kappa shape index (κ1) is 15.5. The highest BCUT2D eigenvalue weighted by Gasteiger charge is 2.20. The molecule has 1 heterocycles. The first-order valence-electron chi connectivity index (χ1n) is 8.19. The van der Waals surface area contributed by atoms with Crippen molar-refractivity contribution in [2.24, 2.45) is 0 Å². The van der Waals surface area contributed by atoms with Gasteiger partial charge in [0, 0.05) is 17.6 Å². The Morgan fingerprint density at radius 2 is 1.74 bits per heavy atom. The molecule has 2 N–H and O–H groups in total. The molecule has 1 aromatic carbocycles. The Morgan fingerprint density at radius 1 is 0.957 bits per heavy atom. The predicted octanol–water partition coefficient (Wildman–Crippen LogP) is 3.01. The van der Waals surface area contributed by atoms with Crippen LogP contribution in [0.2, 0.25) is 0 Å². The zero-order chi connectivity index (χ0) is 16.1. The third kappa shape index (κ3) is 3.86. The van der Waals surface area contributed by atoms with Crippen LogP contribution in [0.25, 0.3) is 10.9 Å². The molecule has 3 rings (SSSR count). The van der Waals surface area contributed by atoms with Crippen LogP contribution in [-0.4, -0.2) is 22.8 Å². The Kier molecular flexibility index (Phi) is 4.86. The van der Waals surface area contributed by atoms with Crippen molar-refractivity contribution >= 4 is 28.4 Å². The Balaban J connectivity index is 1.66. The minimum Gasteiger partial charge on any atom is -0.345 e. The molecule has 0 saturated heterocycles. The number of benzene rings is 1. The van der Waals surface area contributed by atoms with Gasteiger partial charge in [-0.25, -0.2) is 0 Å². The maximum Gasteiger partial charge on any atom is 0.313 e. The van der Waals surface area contributed by atoms with Gasteiger partial charge < -0.3 is 10.6 Å². The summed E-state index contributed by atoms with van der Waals surface area (Å²) in [4.78, 5) is 28.5. The van der Waals surface area contributed by atoms with Crippen molar-refractivity contribution in [3.63, 3.8) is 0 Å². The van der Waals surface area contributed by atoms with E-state index in [1.807, 2.05) is 24.3 Å². The van der Waals surface area contributed by atoms with Crippen molar-refractivity contribution in [3.8, 4) is 0 Å². The summed E-state index contributed by atoms with van der Waals surface area (Å²) in [5, 5.41) is 6.38. The third-order valence-corrected chi connectivity index (χ3v) is 4.29. The number of amides is 2. The molecule has 0 spiro atoms. The summed E-state index contributed by atoms with van der Waals surface area (Å²) in [6, 6.07) is 9.26. The van der Waals surface area contributed by atoms with Crippen LogP contribution < -0.4 is 10.6 Å². The van der Waals surface area contributed by atoms with E-state index in [2.05, 4.69) is 15.6 Å². The Hall–Kier alpha value is -2.43. The van der Waals surface area contributed by atoms with Crippen molar-refractivity contribution in [1.29, 1.82) is 0 Å². The van der Waals surface area contributed by atoms with Crippen LogP contribution in [0.1, 0.15) is 38.5 Å². The van der Waals surface area contributed by atoms with E-state index in [9.17, 15) is 9.59 Å². The van der Waals surface area contributed by atoms with Gasteiger partial charge in [0.05, 0.1) is 11.2 Å². The highest BCUT2D eigenvalue weighted by molar-refractivity contribution is 6.40. The fraction of sp³-hybridized carbons (Fsp3) is 0.389. The molecular formula is C18H21N3O2. The number of hydrogen-bond acceptors (Lipinski definition) is 3. The predicted molar refractivity (Wildman–Crippen MR) is 90.0 cm³/mol. The summed E-state index contributed by atoms with van der Waals surface area (Å²) in [5.74, 6) is -1.18. The van der Waals surface area contributed by atoms with Crippen LogP contribution in [-0.2, 0) is 9.59 Å². The van der Waals surface area contributed by atoms with E-state index < -0.39 is 11.8 Å². The summed E-state index contributed by atoms with van der Waals surface area (Å²) in [7, 11) is 0. The van der Waals surface area contributed by atoms with Gasteiger partial charge in [-0.3, -0.25) is 14.6 Å². The van der Waals surface area contributed by atoms with Gasteiger partial charge in [-0.1, -0.05) is 31.7 Å². The van der Waals surface area contributed by atoms with Crippen molar-refractivity contribution in [2.45, 2.75) is 44.6 Å². The molecule has 0 aliphatic heterocycles. The zero-order valence-electron chi connectivity index (χ0n) is 13.0. The van der Waals surface area contributed by atoms with E-state index in [0.717, 1.165) is 36.6 Å². The summed E-state index contributed by atoms with van der Waals surface area (Å²) in [5.41, 5.74) is 1.39. The van der Waals surface area contributed by atoms with Crippen molar-refractivity contribution < 1.29 is 9.59 Å². The van der Waals surface area contributed by atoms with Gasteiger partial charge in [-0.2, -0.15) is 0 Å². The molecule has 5 heteroatoms. The Morgan fingerprint density at radius 3 is 2.52 bits per heavy atom. The van der Waals surface area contributed by atoms with Gasteiger partial charge >= 0.3 is 11.8 Å². The molecule has 23 heavy (non-hydrogen) atoms. The number of aromatic nitrogens is 1. The fourth-order valence-electron chi connectivity index (χ4n) is 3.07. The summed E-state index contributed by atoms with van der Waals surface area (Å²) < 4.78 is 0. The van der Waals surface area contributed by atoms with Crippen LogP contribution in [0, 0.1) is 0 Å². The quantitative estimate of drug-likeness (QED) is 0.661. The number of rotatable bonds is 2. The number of fused-ring (bicyclic) bond motifs is 1. The first-order valence-corrected chi connectivity index (χ1v) is 8.19. The average molecular weight is 311 g/mol. The normalized spacial score (nSPS) is 15.8. The highest BCUT2D eigenvalue weighted by Crippen LogP contribution is 2.21. The van der Waals surface area contributed by atoms with Crippen molar-refractivity contribution in [1.82, 2.24) is 10.3 Å². The van der Waals surface area contributed by atoms with Crippen LogP contribution in [0.15, 0.2) is 36.5 Å². The molecule has 0 unspecified atom stereocenters. The highest BCUT2D eigenvalue weighted by atomic mass is 16.2. The molecular weight excluding hydrogens is 290 g/mol. The monoisotopic (exact) mass is 311 g/mol. The molecule has 5 nitrogen and oxygen atoms in total. The van der Waals surface area contributed by atoms with Crippen LogP contribution in [0.4, 0.5) is 5.69 Å². The fourth-order valence-corrected chi connectivity index (χ4v) is 3.07. The van der Waals surface area contributed by atoms with Gasteiger partial charge in [0.1, 0.15) is 0 Å². The van der Waals surface area contributed by atoms with Gasteiger partial charge in [-0.15, -0.1) is 0 Å². The van der Waals surface area contributed by atoms with E-state index >= 15 is 0 Å². The van der Waals surface area contributed by atoms with E-state index in [-0.39, 0.29) is 6.04 Å². The minimum absolute atomic E-state index is 0.116. The summed E-state index contributed by atoms with van der Waals surface area (Å²) >= 11 is 0. The number of carbonyl (C=O) groups is 2. The maximum atomic E-state index is 12.2. The topological polar surface area (TPSA) is 71.1 Å². The van der Waals surface area contributed by atoms with Gasteiger partial charge in [-0.05, 0) is 37.1 Å².